The molecule has 0 aliphatic carbocycles. The third kappa shape index (κ3) is 4.49. The van der Waals surface area contributed by atoms with E-state index >= 15 is 0 Å². The normalized spacial score (nSPS) is 12.3. The first-order chi connectivity index (χ1) is 14.8. The van der Waals surface area contributed by atoms with E-state index < -0.39 is 6.10 Å². The Morgan fingerprint density at radius 2 is 1.55 bits per heavy atom. The first-order valence-corrected chi connectivity index (χ1v) is 10.6. The van der Waals surface area contributed by atoms with Crippen LogP contribution in [0.5, 0.6) is 5.75 Å². The molecule has 4 aromatic rings. The molecule has 1 amide bonds. The SMILES string of the molecule is CC(=O)N(C)c1ccc(OC[C@@H](O)Cn2c3ccc(Cl)cc3c3cc(Cl)ccc32)cc1. The highest BCUT2D eigenvalue weighted by molar-refractivity contribution is 6.33. The number of anilines is 1. The van der Waals surface area contributed by atoms with Crippen molar-refractivity contribution in [2.45, 2.75) is 19.6 Å². The molecular formula is C24H22Cl2N2O3. The smallest absolute Gasteiger partial charge is 0.223 e. The van der Waals surface area contributed by atoms with Crippen LogP contribution < -0.4 is 9.64 Å². The fraction of sp³-hybridized carbons (Fsp3) is 0.208. The second-order valence-electron chi connectivity index (χ2n) is 7.47. The van der Waals surface area contributed by atoms with Gasteiger partial charge < -0.3 is 19.3 Å². The first kappa shape index (κ1) is 21.5. The fourth-order valence-corrected chi connectivity index (χ4v) is 3.99. The topological polar surface area (TPSA) is 54.7 Å². The average Bonchev–Trinajstić information content (AvgIpc) is 3.04. The lowest BCUT2D eigenvalue weighted by atomic mass is 10.1. The highest BCUT2D eigenvalue weighted by atomic mass is 35.5. The van der Waals surface area contributed by atoms with Crippen LogP contribution >= 0.6 is 23.2 Å². The summed E-state index contributed by atoms with van der Waals surface area (Å²) in [6, 6.07) is 18.6. The molecule has 1 N–H and O–H groups in total. The lowest BCUT2D eigenvalue weighted by molar-refractivity contribution is -0.116. The number of hydrogen-bond donors (Lipinski definition) is 1. The number of aliphatic hydroxyl groups is 1. The van der Waals surface area contributed by atoms with Gasteiger partial charge in [0.15, 0.2) is 0 Å². The molecule has 3 aromatic carbocycles. The third-order valence-corrected chi connectivity index (χ3v) is 5.79. The van der Waals surface area contributed by atoms with Gasteiger partial charge in [-0.05, 0) is 60.7 Å². The van der Waals surface area contributed by atoms with Crippen LogP contribution in [-0.4, -0.2) is 35.3 Å². The molecule has 0 aliphatic heterocycles. The Hall–Kier alpha value is -2.73. The predicted octanol–water partition coefficient (Wildman–Crippen LogP) is 5.52. The first-order valence-electron chi connectivity index (χ1n) is 9.85. The van der Waals surface area contributed by atoms with Gasteiger partial charge >= 0.3 is 0 Å². The van der Waals surface area contributed by atoms with E-state index in [9.17, 15) is 9.90 Å². The molecule has 5 nitrogen and oxygen atoms in total. The summed E-state index contributed by atoms with van der Waals surface area (Å²) in [7, 11) is 1.72. The van der Waals surface area contributed by atoms with E-state index in [-0.39, 0.29) is 12.5 Å². The summed E-state index contributed by atoms with van der Waals surface area (Å²) >= 11 is 12.4. The molecule has 0 bridgehead atoms. The van der Waals surface area contributed by atoms with Crippen molar-refractivity contribution in [2.24, 2.45) is 0 Å². The Labute approximate surface area is 190 Å². The van der Waals surface area contributed by atoms with Crippen LogP contribution in [-0.2, 0) is 11.3 Å². The Kier molecular flexibility index (Phi) is 6.10. The maximum absolute atomic E-state index is 11.5. The number of carbonyl (C=O) groups excluding carboxylic acids is 1. The number of ether oxygens (including phenoxy) is 1. The van der Waals surface area contributed by atoms with Crippen molar-refractivity contribution >= 4 is 56.6 Å². The zero-order valence-electron chi connectivity index (χ0n) is 17.2. The second kappa shape index (κ2) is 8.79. The summed E-state index contributed by atoms with van der Waals surface area (Å²) in [5.74, 6) is 0.582. The summed E-state index contributed by atoms with van der Waals surface area (Å²) in [6.45, 7) is 2.00. The van der Waals surface area contributed by atoms with Crippen LogP contribution in [0.25, 0.3) is 21.8 Å². The third-order valence-electron chi connectivity index (χ3n) is 5.32. The number of amides is 1. The van der Waals surface area contributed by atoms with Crippen LogP contribution in [0.3, 0.4) is 0 Å². The summed E-state index contributed by atoms with van der Waals surface area (Å²) < 4.78 is 7.82. The molecule has 1 heterocycles. The zero-order chi connectivity index (χ0) is 22.1. The number of carbonyl (C=O) groups is 1. The number of rotatable bonds is 6. The number of nitrogens with zero attached hydrogens (tertiary/aromatic N) is 2. The van der Waals surface area contributed by atoms with E-state index in [4.69, 9.17) is 27.9 Å². The molecule has 1 atom stereocenters. The van der Waals surface area contributed by atoms with Crippen molar-refractivity contribution in [1.29, 1.82) is 0 Å². The van der Waals surface area contributed by atoms with Gasteiger partial charge in [0.05, 0.1) is 6.54 Å². The quantitative estimate of drug-likeness (QED) is 0.415. The van der Waals surface area contributed by atoms with Gasteiger partial charge in [0.2, 0.25) is 5.91 Å². The Balaban J connectivity index is 1.52. The summed E-state index contributed by atoms with van der Waals surface area (Å²) in [5, 5.41) is 13.9. The van der Waals surface area contributed by atoms with Crippen molar-refractivity contribution in [3.8, 4) is 5.75 Å². The minimum Gasteiger partial charge on any atom is -0.491 e. The average molecular weight is 457 g/mol. The van der Waals surface area contributed by atoms with Gasteiger partial charge in [-0.1, -0.05) is 23.2 Å². The van der Waals surface area contributed by atoms with Gasteiger partial charge in [0, 0.05) is 51.5 Å². The molecule has 0 saturated heterocycles. The van der Waals surface area contributed by atoms with Crippen molar-refractivity contribution in [3.63, 3.8) is 0 Å². The Morgan fingerprint density at radius 1 is 1.00 bits per heavy atom. The van der Waals surface area contributed by atoms with Crippen molar-refractivity contribution < 1.29 is 14.6 Å². The van der Waals surface area contributed by atoms with Gasteiger partial charge in [-0.15, -0.1) is 0 Å². The number of benzene rings is 3. The van der Waals surface area contributed by atoms with E-state index in [0.29, 0.717) is 22.3 Å². The second-order valence-corrected chi connectivity index (χ2v) is 8.34. The highest BCUT2D eigenvalue weighted by Gasteiger charge is 2.15. The molecule has 0 spiro atoms. The van der Waals surface area contributed by atoms with Crippen LogP contribution in [0.15, 0.2) is 60.7 Å². The Morgan fingerprint density at radius 3 is 2.06 bits per heavy atom. The number of hydrogen-bond acceptors (Lipinski definition) is 3. The van der Waals surface area contributed by atoms with Crippen LogP contribution in [0.4, 0.5) is 5.69 Å². The molecule has 0 saturated carbocycles. The van der Waals surface area contributed by atoms with Crippen LogP contribution in [0, 0.1) is 0 Å². The lowest BCUT2D eigenvalue weighted by Crippen LogP contribution is -2.24. The maximum atomic E-state index is 11.5. The highest BCUT2D eigenvalue weighted by Crippen LogP contribution is 2.33. The molecule has 0 radical (unpaired) electrons. The zero-order valence-corrected chi connectivity index (χ0v) is 18.7. The van der Waals surface area contributed by atoms with Crippen molar-refractivity contribution in [2.75, 3.05) is 18.6 Å². The van der Waals surface area contributed by atoms with Crippen molar-refractivity contribution in [3.05, 3.63) is 70.7 Å². The van der Waals surface area contributed by atoms with E-state index in [1.165, 1.54) is 6.92 Å². The number of aliphatic hydroxyl groups excluding tert-OH is 1. The number of aromatic nitrogens is 1. The molecule has 0 fully saturated rings. The molecule has 0 aliphatic rings. The molecule has 0 unspecified atom stereocenters. The number of halogens is 2. The molecular weight excluding hydrogens is 435 g/mol. The van der Waals surface area contributed by atoms with Crippen LogP contribution in [0.1, 0.15) is 6.92 Å². The monoisotopic (exact) mass is 456 g/mol. The summed E-state index contributed by atoms with van der Waals surface area (Å²) in [4.78, 5) is 13.0. The van der Waals surface area contributed by atoms with Gasteiger partial charge in [0.1, 0.15) is 18.5 Å². The van der Waals surface area contributed by atoms with E-state index in [0.717, 1.165) is 27.5 Å². The fourth-order valence-electron chi connectivity index (χ4n) is 3.65. The van der Waals surface area contributed by atoms with Crippen LogP contribution in [0.2, 0.25) is 10.0 Å². The molecule has 160 valence electrons. The van der Waals surface area contributed by atoms with E-state index in [1.54, 1.807) is 24.1 Å². The van der Waals surface area contributed by atoms with E-state index in [1.807, 2.05) is 48.5 Å². The predicted molar refractivity (Wildman–Crippen MR) is 126 cm³/mol. The lowest BCUT2D eigenvalue weighted by Gasteiger charge is -2.17. The van der Waals surface area contributed by atoms with Gasteiger partial charge in [-0.25, -0.2) is 0 Å². The van der Waals surface area contributed by atoms with Gasteiger partial charge in [-0.2, -0.15) is 0 Å². The number of fused-ring (bicyclic) bond motifs is 3. The van der Waals surface area contributed by atoms with Crippen molar-refractivity contribution in [1.82, 2.24) is 4.57 Å². The molecule has 7 heteroatoms. The molecule has 4 rings (SSSR count). The standard InChI is InChI=1S/C24H22Cl2N2O3/c1-15(29)27(2)18-5-7-20(8-6-18)31-14-19(30)13-28-23-9-3-16(25)11-21(23)22-12-17(26)4-10-24(22)28/h3-12,19,30H,13-14H2,1-2H3/t19-/m0/s1. The molecule has 1 aromatic heterocycles. The summed E-state index contributed by atoms with van der Waals surface area (Å²) in [6.07, 6.45) is -0.732. The van der Waals surface area contributed by atoms with E-state index in [2.05, 4.69) is 4.57 Å². The summed E-state index contributed by atoms with van der Waals surface area (Å²) in [5.41, 5.74) is 2.72. The van der Waals surface area contributed by atoms with Gasteiger partial charge in [0.25, 0.3) is 0 Å². The Bertz CT molecular complexity index is 1190. The maximum Gasteiger partial charge on any atom is 0.223 e. The minimum absolute atomic E-state index is 0.0437. The largest absolute Gasteiger partial charge is 0.491 e. The molecule has 31 heavy (non-hydrogen) atoms. The minimum atomic E-state index is -0.732. The van der Waals surface area contributed by atoms with Gasteiger partial charge in [-0.3, -0.25) is 4.79 Å².